The van der Waals surface area contributed by atoms with Crippen LogP contribution in [0.25, 0.3) is 0 Å². The van der Waals surface area contributed by atoms with E-state index in [2.05, 4.69) is 5.32 Å². The molecule has 190 valence electrons. The normalized spacial score (nSPS) is 11.7. The van der Waals surface area contributed by atoms with Gasteiger partial charge in [0.15, 0.2) is 6.61 Å². The Morgan fingerprint density at radius 1 is 0.861 bits per heavy atom. The lowest BCUT2D eigenvalue weighted by atomic mass is 10.0. The smallest absolute Gasteiger partial charge is 0.261 e. The molecule has 0 radical (unpaired) electrons. The van der Waals surface area contributed by atoms with Crippen LogP contribution in [0.4, 0.5) is 0 Å². The van der Waals surface area contributed by atoms with Gasteiger partial charge in [-0.05, 0) is 41.3 Å². The number of carbonyl (C=O) groups excluding carboxylic acids is 2. The number of rotatable bonds is 11. The highest BCUT2D eigenvalue weighted by Gasteiger charge is 2.31. The van der Waals surface area contributed by atoms with Crippen molar-refractivity contribution in [1.82, 2.24) is 10.2 Å². The summed E-state index contributed by atoms with van der Waals surface area (Å²) in [5.41, 5.74) is 1.67. The number of amides is 2. The highest BCUT2D eigenvalue weighted by molar-refractivity contribution is 6.42. The first-order valence-electron chi connectivity index (χ1n) is 11.7. The van der Waals surface area contributed by atoms with Crippen LogP contribution < -0.4 is 10.1 Å². The maximum absolute atomic E-state index is 13.6. The van der Waals surface area contributed by atoms with Crippen LogP contribution in [0.1, 0.15) is 25.0 Å². The van der Waals surface area contributed by atoms with Gasteiger partial charge in [0.05, 0.1) is 15.1 Å². The summed E-state index contributed by atoms with van der Waals surface area (Å²) in [4.78, 5) is 28.5. The summed E-state index contributed by atoms with van der Waals surface area (Å²) < 4.78 is 5.74. The van der Waals surface area contributed by atoms with Crippen molar-refractivity contribution in [2.45, 2.75) is 32.9 Å². The highest BCUT2D eigenvalue weighted by Crippen LogP contribution is 2.25. The molecule has 5 nitrogen and oxygen atoms in total. The summed E-state index contributed by atoms with van der Waals surface area (Å²) in [6.45, 7) is 4.39. The molecule has 0 aliphatic rings. The molecule has 8 heteroatoms. The number of nitrogens with one attached hydrogen (secondary N) is 1. The molecule has 0 unspecified atom stereocenters. The SMILES string of the molecule is CC(C)CNC(=O)[C@H](Cc1ccccc1)N(Cc1ccc(Cl)c(Cl)c1)C(=O)COc1ccccc1Cl. The number of benzene rings is 3. The number of halogens is 3. The minimum absolute atomic E-state index is 0.147. The molecule has 1 N–H and O–H groups in total. The van der Waals surface area contributed by atoms with Crippen LogP contribution in [0, 0.1) is 5.92 Å². The summed E-state index contributed by atoms with van der Waals surface area (Å²) in [6, 6.07) is 20.9. The molecular formula is C28H29Cl3N2O3. The van der Waals surface area contributed by atoms with Crippen molar-refractivity contribution in [3.05, 3.63) is 99.0 Å². The quantitative estimate of drug-likeness (QED) is 0.301. The van der Waals surface area contributed by atoms with Gasteiger partial charge in [-0.1, -0.05) is 97.2 Å². The molecule has 0 fully saturated rings. The van der Waals surface area contributed by atoms with E-state index in [0.29, 0.717) is 33.8 Å². The second-order valence-corrected chi connectivity index (χ2v) is 10.1. The first-order valence-corrected chi connectivity index (χ1v) is 12.8. The Hall–Kier alpha value is -2.73. The third-order valence-electron chi connectivity index (χ3n) is 5.48. The molecule has 3 aromatic carbocycles. The van der Waals surface area contributed by atoms with Crippen LogP contribution in [0.15, 0.2) is 72.8 Å². The van der Waals surface area contributed by atoms with Gasteiger partial charge in [0.2, 0.25) is 5.91 Å². The van der Waals surface area contributed by atoms with Crippen molar-refractivity contribution in [3.63, 3.8) is 0 Å². The molecule has 0 bridgehead atoms. The van der Waals surface area contributed by atoms with Crippen molar-refractivity contribution in [3.8, 4) is 5.75 Å². The zero-order chi connectivity index (χ0) is 26.1. The number of hydrogen-bond acceptors (Lipinski definition) is 3. The van der Waals surface area contributed by atoms with Crippen LogP contribution in [0.2, 0.25) is 15.1 Å². The number of hydrogen-bond donors (Lipinski definition) is 1. The van der Waals surface area contributed by atoms with Crippen molar-refractivity contribution in [2.24, 2.45) is 5.92 Å². The second-order valence-electron chi connectivity index (χ2n) is 8.83. The average Bonchev–Trinajstić information content (AvgIpc) is 2.86. The summed E-state index contributed by atoms with van der Waals surface area (Å²) in [5.74, 6) is 0.0558. The van der Waals surface area contributed by atoms with Gasteiger partial charge in [-0.15, -0.1) is 0 Å². The molecule has 0 heterocycles. The largest absolute Gasteiger partial charge is 0.482 e. The van der Waals surface area contributed by atoms with Crippen LogP contribution >= 0.6 is 34.8 Å². The third-order valence-corrected chi connectivity index (χ3v) is 6.53. The fourth-order valence-electron chi connectivity index (χ4n) is 3.60. The molecule has 3 aromatic rings. The third kappa shape index (κ3) is 8.16. The van der Waals surface area contributed by atoms with E-state index < -0.39 is 6.04 Å². The molecule has 0 aliphatic carbocycles. The van der Waals surface area contributed by atoms with E-state index in [1.54, 1.807) is 42.5 Å². The van der Waals surface area contributed by atoms with Gasteiger partial charge in [-0.3, -0.25) is 9.59 Å². The first kappa shape index (κ1) is 27.9. The van der Waals surface area contributed by atoms with E-state index >= 15 is 0 Å². The molecule has 36 heavy (non-hydrogen) atoms. The lowest BCUT2D eigenvalue weighted by Crippen LogP contribution is -2.52. The van der Waals surface area contributed by atoms with Crippen molar-refractivity contribution < 1.29 is 14.3 Å². The van der Waals surface area contributed by atoms with Crippen LogP contribution in [0.3, 0.4) is 0 Å². The second kappa shape index (κ2) is 13.5. The lowest BCUT2D eigenvalue weighted by molar-refractivity contribution is -0.142. The van der Waals surface area contributed by atoms with Crippen molar-refractivity contribution in [1.29, 1.82) is 0 Å². The Kier molecular flexibility index (Phi) is 10.5. The number of para-hydroxylation sites is 1. The van der Waals surface area contributed by atoms with Gasteiger partial charge in [-0.25, -0.2) is 0 Å². The minimum Gasteiger partial charge on any atom is -0.482 e. The minimum atomic E-state index is -0.775. The Balaban J connectivity index is 1.93. The molecule has 0 saturated carbocycles. The maximum atomic E-state index is 13.6. The Morgan fingerprint density at radius 2 is 1.56 bits per heavy atom. The average molecular weight is 548 g/mol. The van der Waals surface area contributed by atoms with Crippen molar-refractivity contribution in [2.75, 3.05) is 13.2 Å². The van der Waals surface area contributed by atoms with Gasteiger partial charge >= 0.3 is 0 Å². The molecule has 0 saturated heterocycles. The van der Waals surface area contributed by atoms with E-state index in [1.807, 2.05) is 44.2 Å². The van der Waals surface area contributed by atoms with Gasteiger partial charge in [-0.2, -0.15) is 0 Å². The zero-order valence-electron chi connectivity index (χ0n) is 20.2. The fraction of sp³-hybridized carbons (Fsp3) is 0.286. The Bertz CT molecular complexity index is 1170. The zero-order valence-corrected chi connectivity index (χ0v) is 22.5. The van der Waals surface area contributed by atoms with Crippen molar-refractivity contribution >= 4 is 46.6 Å². The Labute approximate surface area is 227 Å². The molecule has 0 spiro atoms. The van der Waals surface area contributed by atoms with E-state index in [0.717, 1.165) is 11.1 Å². The lowest BCUT2D eigenvalue weighted by Gasteiger charge is -2.32. The van der Waals surface area contributed by atoms with Gasteiger partial charge in [0, 0.05) is 19.5 Å². The number of nitrogens with zero attached hydrogens (tertiary/aromatic N) is 1. The van der Waals surface area contributed by atoms with E-state index in [4.69, 9.17) is 39.5 Å². The summed E-state index contributed by atoms with van der Waals surface area (Å²) in [5, 5.41) is 4.17. The highest BCUT2D eigenvalue weighted by atomic mass is 35.5. The monoisotopic (exact) mass is 546 g/mol. The molecule has 3 rings (SSSR count). The predicted octanol–water partition coefficient (Wildman–Crippen LogP) is 6.44. The van der Waals surface area contributed by atoms with Gasteiger partial charge < -0.3 is 15.0 Å². The first-order chi connectivity index (χ1) is 17.2. The van der Waals surface area contributed by atoms with Crippen LogP contribution in [0.5, 0.6) is 5.75 Å². The Morgan fingerprint density at radius 3 is 2.22 bits per heavy atom. The van der Waals surface area contributed by atoms with Gasteiger partial charge in [0.1, 0.15) is 11.8 Å². The maximum Gasteiger partial charge on any atom is 0.261 e. The molecule has 2 amide bonds. The number of ether oxygens (including phenoxy) is 1. The molecule has 0 aliphatic heterocycles. The predicted molar refractivity (Wildman–Crippen MR) is 146 cm³/mol. The number of carbonyl (C=O) groups is 2. The standard InChI is InChI=1S/C28H29Cl3N2O3/c1-19(2)16-32-28(35)25(15-20-8-4-3-5-9-20)33(17-21-12-13-22(29)24(31)14-21)27(34)18-36-26-11-7-6-10-23(26)30/h3-14,19,25H,15-18H2,1-2H3,(H,32,35)/t25-/m0/s1. The summed E-state index contributed by atoms with van der Waals surface area (Å²) in [7, 11) is 0. The van der Waals surface area contributed by atoms with E-state index in [1.165, 1.54) is 4.90 Å². The van der Waals surface area contributed by atoms with E-state index in [9.17, 15) is 9.59 Å². The fourth-order valence-corrected chi connectivity index (χ4v) is 4.11. The molecule has 1 atom stereocenters. The summed E-state index contributed by atoms with van der Waals surface area (Å²) >= 11 is 18.5. The molecule has 0 aromatic heterocycles. The molecular weight excluding hydrogens is 519 g/mol. The van der Waals surface area contributed by atoms with Crippen LogP contribution in [-0.2, 0) is 22.6 Å². The van der Waals surface area contributed by atoms with E-state index in [-0.39, 0.29) is 30.9 Å². The van der Waals surface area contributed by atoms with Crippen LogP contribution in [-0.4, -0.2) is 35.9 Å². The van der Waals surface area contributed by atoms with Gasteiger partial charge in [0.25, 0.3) is 5.91 Å². The topological polar surface area (TPSA) is 58.6 Å². The summed E-state index contributed by atoms with van der Waals surface area (Å²) in [6.07, 6.45) is 0.337.